The Morgan fingerprint density at radius 3 is 2.89 bits per heavy atom. The molecule has 0 fully saturated rings. The molecule has 0 radical (unpaired) electrons. The molecule has 0 spiro atoms. The second kappa shape index (κ2) is 5.35. The number of nitrogens with zero attached hydrogens (tertiary/aromatic N) is 1. The van der Waals surface area contributed by atoms with Gasteiger partial charge in [0.1, 0.15) is 5.03 Å². The van der Waals surface area contributed by atoms with E-state index in [0.717, 1.165) is 10.6 Å². The molecule has 0 saturated heterocycles. The van der Waals surface area contributed by atoms with Gasteiger partial charge < -0.3 is 5.73 Å². The van der Waals surface area contributed by atoms with Crippen LogP contribution in [0.1, 0.15) is 28.7 Å². The maximum absolute atomic E-state index is 5.84. The van der Waals surface area contributed by atoms with E-state index < -0.39 is 0 Å². The maximum atomic E-state index is 5.84. The number of aryl methyl sites for hydroxylation is 3. The van der Waals surface area contributed by atoms with E-state index in [-0.39, 0.29) is 0 Å². The molecule has 2 N–H and O–H groups in total. The lowest BCUT2D eigenvalue weighted by Gasteiger charge is -2.10. The summed E-state index contributed by atoms with van der Waals surface area (Å²) in [5.41, 5.74) is 11.2. The molecule has 3 heteroatoms. The fourth-order valence-electron chi connectivity index (χ4n) is 2.62. The topological polar surface area (TPSA) is 38.9 Å². The quantitative estimate of drug-likeness (QED) is 0.928. The first-order valence-electron chi connectivity index (χ1n) is 6.72. The summed E-state index contributed by atoms with van der Waals surface area (Å²) in [5, 5.41) is 1.04. The molecule has 2 aromatic rings. The number of hydrogen-bond acceptors (Lipinski definition) is 3. The van der Waals surface area contributed by atoms with Crippen molar-refractivity contribution in [3.8, 4) is 0 Å². The number of aromatic nitrogens is 1. The van der Waals surface area contributed by atoms with Crippen LogP contribution in [-0.4, -0.2) is 4.98 Å². The third kappa shape index (κ3) is 2.53. The Balaban J connectivity index is 1.91. The number of fused-ring (bicyclic) bond motifs is 1. The summed E-state index contributed by atoms with van der Waals surface area (Å²) in [5.74, 6) is 0. The largest absolute Gasteiger partial charge is 0.326 e. The minimum absolute atomic E-state index is 0.549. The van der Waals surface area contributed by atoms with Crippen molar-refractivity contribution in [1.82, 2.24) is 4.98 Å². The highest BCUT2D eigenvalue weighted by Gasteiger charge is 2.13. The van der Waals surface area contributed by atoms with E-state index in [1.54, 1.807) is 11.8 Å². The Morgan fingerprint density at radius 2 is 2.05 bits per heavy atom. The maximum Gasteiger partial charge on any atom is 0.105 e. The minimum Gasteiger partial charge on any atom is -0.326 e. The lowest BCUT2D eigenvalue weighted by atomic mass is 10.1. The van der Waals surface area contributed by atoms with Gasteiger partial charge in [0, 0.05) is 23.2 Å². The average Bonchev–Trinajstić information content (AvgIpc) is 2.86. The summed E-state index contributed by atoms with van der Waals surface area (Å²) >= 11 is 1.73. The predicted octanol–water partition coefficient (Wildman–Crippen LogP) is 3.49. The van der Waals surface area contributed by atoms with Crippen LogP contribution in [0.25, 0.3) is 0 Å². The van der Waals surface area contributed by atoms with Crippen LogP contribution in [0.4, 0.5) is 0 Å². The van der Waals surface area contributed by atoms with E-state index in [1.165, 1.54) is 40.8 Å². The standard InChI is InChI=1S/C16H18N2S/c1-11-7-8-18-16(15(11)10-17)19-14-6-5-12-3-2-4-13(12)9-14/h5-9H,2-4,10,17H2,1H3. The van der Waals surface area contributed by atoms with Crippen LogP contribution < -0.4 is 5.73 Å². The Kier molecular flexibility index (Phi) is 3.58. The van der Waals surface area contributed by atoms with Crippen molar-refractivity contribution in [2.24, 2.45) is 5.73 Å². The van der Waals surface area contributed by atoms with Crippen LogP contribution >= 0.6 is 11.8 Å². The van der Waals surface area contributed by atoms with Crippen LogP contribution in [0.15, 0.2) is 40.4 Å². The van der Waals surface area contributed by atoms with Crippen LogP contribution in [0.2, 0.25) is 0 Å². The van der Waals surface area contributed by atoms with Crippen molar-refractivity contribution >= 4 is 11.8 Å². The molecule has 1 heterocycles. The van der Waals surface area contributed by atoms with Gasteiger partial charge in [-0.05, 0) is 61.1 Å². The summed E-state index contributed by atoms with van der Waals surface area (Å²) < 4.78 is 0. The van der Waals surface area contributed by atoms with Crippen LogP contribution in [0.3, 0.4) is 0 Å². The first-order valence-corrected chi connectivity index (χ1v) is 7.54. The molecule has 98 valence electrons. The third-order valence-corrected chi connectivity index (χ3v) is 4.77. The number of benzene rings is 1. The van der Waals surface area contributed by atoms with Gasteiger partial charge in [-0.1, -0.05) is 17.8 Å². The van der Waals surface area contributed by atoms with Crippen molar-refractivity contribution in [2.75, 3.05) is 0 Å². The SMILES string of the molecule is Cc1ccnc(Sc2ccc3c(c2)CCC3)c1CN. The van der Waals surface area contributed by atoms with Gasteiger partial charge in [0.2, 0.25) is 0 Å². The van der Waals surface area contributed by atoms with Crippen LogP contribution in [0, 0.1) is 6.92 Å². The molecule has 0 aliphatic heterocycles. The zero-order chi connectivity index (χ0) is 13.2. The monoisotopic (exact) mass is 270 g/mol. The van der Waals surface area contributed by atoms with Gasteiger partial charge in [0.15, 0.2) is 0 Å². The molecule has 19 heavy (non-hydrogen) atoms. The molecule has 3 rings (SSSR count). The second-order valence-electron chi connectivity index (χ2n) is 5.00. The number of hydrogen-bond donors (Lipinski definition) is 1. The molecular formula is C16H18N2S. The van der Waals surface area contributed by atoms with Gasteiger partial charge >= 0.3 is 0 Å². The summed E-state index contributed by atoms with van der Waals surface area (Å²) in [7, 11) is 0. The highest BCUT2D eigenvalue weighted by atomic mass is 32.2. The van der Waals surface area contributed by atoms with E-state index in [4.69, 9.17) is 5.73 Å². The molecule has 0 amide bonds. The first kappa shape index (κ1) is 12.7. The molecular weight excluding hydrogens is 252 g/mol. The first-order chi connectivity index (χ1) is 9.28. The van der Waals surface area contributed by atoms with Gasteiger partial charge in [0.05, 0.1) is 0 Å². The molecule has 0 unspecified atom stereocenters. The van der Waals surface area contributed by atoms with Gasteiger partial charge in [-0.15, -0.1) is 0 Å². The normalized spacial score (nSPS) is 13.6. The van der Waals surface area contributed by atoms with Crippen molar-refractivity contribution < 1.29 is 0 Å². The molecule has 0 saturated carbocycles. The van der Waals surface area contributed by atoms with E-state index in [9.17, 15) is 0 Å². The molecule has 1 aliphatic carbocycles. The number of nitrogens with two attached hydrogens (primary N) is 1. The van der Waals surface area contributed by atoms with Crippen LogP contribution in [-0.2, 0) is 19.4 Å². The molecule has 1 aromatic heterocycles. The summed E-state index contributed by atoms with van der Waals surface area (Å²) in [6.45, 7) is 2.64. The van der Waals surface area contributed by atoms with Crippen molar-refractivity contribution in [3.05, 3.63) is 52.7 Å². The van der Waals surface area contributed by atoms with E-state index >= 15 is 0 Å². The Labute approximate surface area is 118 Å². The van der Waals surface area contributed by atoms with Crippen molar-refractivity contribution in [2.45, 2.75) is 42.7 Å². The second-order valence-corrected chi connectivity index (χ2v) is 6.06. The summed E-state index contributed by atoms with van der Waals surface area (Å²) in [4.78, 5) is 5.75. The van der Waals surface area contributed by atoms with Gasteiger partial charge in [-0.3, -0.25) is 0 Å². The molecule has 0 bridgehead atoms. The number of rotatable bonds is 3. The lowest BCUT2D eigenvalue weighted by Crippen LogP contribution is -2.02. The van der Waals surface area contributed by atoms with Gasteiger partial charge in [-0.2, -0.15) is 0 Å². The molecule has 2 nitrogen and oxygen atoms in total. The molecule has 1 aromatic carbocycles. The van der Waals surface area contributed by atoms with Gasteiger partial charge in [-0.25, -0.2) is 4.98 Å². The van der Waals surface area contributed by atoms with E-state index in [1.807, 2.05) is 12.3 Å². The van der Waals surface area contributed by atoms with Crippen LogP contribution in [0.5, 0.6) is 0 Å². The Morgan fingerprint density at radius 1 is 1.21 bits per heavy atom. The summed E-state index contributed by atoms with van der Waals surface area (Å²) in [6.07, 6.45) is 5.61. The average molecular weight is 270 g/mol. The zero-order valence-corrected chi connectivity index (χ0v) is 12.0. The third-order valence-electron chi connectivity index (χ3n) is 3.74. The zero-order valence-electron chi connectivity index (χ0n) is 11.1. The Bertz CT molecular complexity index is 608. The lowest BCUT2D eigenvalue weighted by molar-refractivity contribution is 0.911. The minimum atomic E-state index is 0.549. The highest BCUT2D eigenvalue weighted by molar-refractivity contribution is 7.99. The molecule has 0 atom stereocenters. The van der Waals surface area contributed by atoms with E-state index in [0.29, 0.717) is 6.54 Å². The van der Waals surface area contributed by atoms with Gasteiger partial charge in [0.25, 0.3) is 0 Å². The smallest absolute Gasteiger partial charge is 0.105 e. The van der Waals surface area contributed by atoms with Crippen molar-refractivity contribution in [3.63, 3.8) is 0 Å². The predicted molar refractivity (Wildman–Crippen MR) is 79.5 cm³/mol. The number of pyridine rings is 1. The highest BCUT2D eigenvalue weighted by Crippen LogP contribution is 2.33. The summed E-state index contributed by atoms with van der Waals surface area (Å²) in [6, 6.07) is 8.81. The fraction of sp³-hybridized carbons (Fsp3) is 0.312. The Hall–Kier alpha value is -1.32. The van der Waals surface area contributed by atoms with E-state index in [2.05, 4.69) is 30.1 Å². The fourth-order valence-corrected chi connectivity index (χ4v) is 3.67. The molecule has 1 aliphatic rings. The van der Waals surface area contributed by atoms with Crippen molar-refractivity contribution in [1.29, 1.82) is 0 Å².